The summed E-state index contributed by atoms with van der Waals surface area (Å²) in [6.07, 6.45) is 8.09. The minimum Gasteiger partial charge on any atom is -0.497 e. The second-order valence-electron chi connectivity index (χ2n) is 9.09. The van der Waals surface area contributed by atoms with Crippen molar-refractivity contribution in [2.45, 2.75) is 77.5 Å². The van der Waals surface area contributed by atoms with Gasteiger partial charge in [0.1, 0.15) is 5.75 Å². The molecule has 176 valence electrons. The third kappa shape index (κ3) is 7.26. The monoisotopic (exact) mass is 457 g/mol. The minimum atomic E-state index is -0.299. The van der Waals surface area contributed by atoms with Crippen molar-refractivity contribution in [1.29, 1.82) is 0 Å². The van der Waals surface area contributed by atoms with Crippen molar-refractivity contribution in [3.05, 3.63) is 63.7 Å². The SMILES string of the molecule is CCCCC(CCCC)(CSc1ccc([N+](=O)[O-])cc1Cc1ccc(OC)cc1)C(C)C. The molecule has 2 aromatic rings. The van der Waals surface area contributed by atoms with E-state index in [1.165, 1.54) is 38.5 Å². The zero-order valence-electron chi connectivity index (χ0n) is 20.4. The molecule has 0 aliphatic rings. The molecule has 0 saturated heterocycles. The van der Waals surface area contributed by atoms with Crippen LogP contribution in [0.15, 0.2) is 47.4 Å². The molecule has 0 heterocycles. The van der Waals surface area contributed by atoms with Crippen LogP contribution in [0.3, 0.4) is 0 Å². The third-order valence-corrected chi connectivity index (χ3v) is 8.03. The number of nitro groups is 1. The molecule has 0 bridgehead atoms. The van der Waals surface area contributed by atoms with Crippen molar-refractivity contribution >= 4 is 17.4 Å². The van der Waals surface area contributed by atoms with Crippen molar-refractivity contribution in [3.63, 3.8) is 0 Å². The molecule has 4 nitrogen and oxygen atoms in total. The highest BCUT2D eigenvalue weighted by Gasteiger charge is 2.33. The number of nitro benzene ring substituents is 1. The summed E-state index contributed by atoms with van der Waals surface area (Å²) >= 11 is 1.88. The topological polar surface area (TPSA) is 52.4 Å². The zero-order valence-corrected chi connectivity index (χ0v) is 21.2. The fourth-order valence-corrected chi connectivity index (χ4v) is 5.76. The van der Waals surface area contributed by atoms with E-state index in [0.29, 0.717) is 17.8 Å². The normalized spacial score (nSPS) is 11.7. The van der Waals surface area contributed by atoms with Crippen LogP contribution in [0.2, 0.25) is 0 Å². The summed E-state index contributed by atoms with van der Waals surface area (Å²) < 4.78 is 5.26. The van der Waals surface area contributed by atoms with E-state index in [9.17, 15) is 10.1 Å². The molecule has 0 aliphatic carbocycles. The molecule has 0 N–H and O–H groups in total. The summed E-state index contributed by atoms with van der Waals surface area (Å²) in [4.78, 5) is 12.3. The Balaban J connectivity index is 2.31. The molecule has 0 aromatic heterocycles. The number of benzene rings is 2. The molecule has 0 atom stereocenters. The number of nitrogens with zero attached hydrogens (tertiary/aromatic N) is 1. The number of hydrogen-bond acceptors (Lipinski definition) is 4. The Labute approximate surface area is 198 Å². The third-order valence-electron chi connectivity index (χ3n) is 6.60. The molecule has 0 radical (unpaired) electrons. The number of unbranched alkanes of at least 4 members (excludes halogenated alkanes) is 2. The van der Waals surface area contributed by atoms with Gasteiger partial charge in [-0.05, 0) is 59.9 Å². The Morgan fingerprint density at radius 2 is 1.66 bits per heavy atom. The van der Waals surface area contributed by atoms with Gasteiger partial charge >= 0.3 is 0 Å². The second-order valence-corrected chi connectivity index (χ2v) is 10.1. The van der Waals surface area contributed by atoms with E-state index in [1.807, 2.05) is 42.1 Å². The van der Waals surface area contributed by atoms with Gasteiger partial charge in [0.15, 0.2) is 0 Å². The van der Waals surface area contributed by atoms with Crippen molar-refractivity contribution in [2.24, 2.45) is 11.3 Å². The van der Waals surface area contributed by atoms with Gasteiger partial charge in [0.2, 0.25) is 0 Å². The van der Waals surface area contributed by atoms with Crippen molar-refractivity contribution < 1.29 is 9.66 Å². The molecule has 0 saturated carbocycles. The quantitative estimate of drug-likeness (QED) is 0.163. The van der Waals surface area contributed by atoms with Crippen LogP contribution in [0.1, 0.15) is 77.3 Å². The van der Waals surface area contributed by atoms with Gasteiger partial charge in [0.05, 0.1) is 12.0 Å². The lowest BCUT2D eigenvalue weighted by atomic mass is 9.71. The molecular formula is C27H39NO3S. The lowest BCUT2D eigenvalue weighted by molar-refractivity contribution is -0.385. The molecular weight excluding hydrogens is 418 g/mol. The van der Waals surface area contributed by atoms with Gasteiger partial charge in [-0.1, -0.05) is 65.5 Å². The fourth-order valence-electron chi connectivity index (χ4n) is 4.21. The van der Waals surface area contributed by atoms with E-state index in [1.54, 1.807) is 19.2 Å². The molecule has 32 heavy (non-hydrogen) atoms. The molecule has 0 spiro atoms. The highest BCUT2D eigenvalue weighted by atomic mass is 32.2. The zero-order chi connectivity index (χ0) is 23.6. The number of methoxy groups -OCH3 is 1. The Bertz CT molecular complexity index is 840. The molecule has 5 heteroatoms. The lowest BCUT2D eigenvalue weighted by Crippen LogP contribution is -2.30. The van der Waals surface area contributed by atoms with E-state index >= 15 is 0 Å². The van der Waals surface area contributed by atoms with Gasteiger partial charge < -0.3 is 4.74 Å². The predicted octanol–water partition coefficient (Wildman–Crippen LogP) is 8.31. The summed E-state index contributed by atoms with van der Waals surface area (Å²) in [5.74, 6) is 2.48. The molecule has 2 aromatic carbocycles. The van der Waals surface area contributed by atoms with Gasteiger partial charge in [-0.3, -0.25) is 10.1 Å². The molecule has 2 rings (SSSR count). The predicted molar refractivity (Wildman–Crippen MR) is 136 cm³/mol. The van der Waals surface area contributed by atoms with E-state index in [4.69, 9.17) is 4.74 Å². The molecule has 0 fully saturated rings. The first-order valence-electron chi connectivity index (χ1n) is 11.9. The first-order chi connectivity index (χ1) is 15.3. The number of thioether (sulfide) groups is 1. The smallest absolute Gasteiger partial charge is 0.269 e. The maximum Gasteiger partial charge on any atom is 0.269 e. The van der Waals surface area contributed by atoms with Crippen molar-refractivity contribution in [2.75, 3.05) is 12.9 Å². The average molecular weight is 458 g/mol. The van der Waals surface area contributed by atoms with Gasteiger partial charge in [0, 0.05) is 22.8 Å². The average Bonchev–Trinajstić information content (AvgIpc) is 2.79. The Kier molecular flexibility index (Phi) is 10.6. The van der Waals surface area contributed by atoms with Crippen LogP contribution in [0.5, 0.6) is 5.75 Å². The van der Waals surface area contributed by atoms with Crippen molar-refractivity contribution in [3.8, 4) is 5.75 Å². The minimum absolute atomic E-state index is 0.157. The largest absolute Gasteiger partial charge is 0.497 e. The first-order valence-corrected chi connectivity index (χ1v) is 12.9. The highest BCUT2D eigenvalue weighted by Crippen LogP contribution is 2.44. The molecule has 0 aliphatic heterocycles. The fraction of sp³-hybridized carbons (Fsp3) is 0.556. The molecule has 0 amide bonds. The van der Waals surface area contributed by atoms with Crippen LogP contribution in [-0.4, -0.2) is 17.8 Å². The van der Waals surface area contributed by atoms with Crippen LogP contribution in [0.25, 0.3) is 0 Å². The second kappa shape index (κ2) is 12.9. The summed E-state index contributed by atoms with van der Waals surface area (Å²) in [5, 5.41) is 11.4. The van der Waals surface area contributed by atoms with E-state index < -0.39 is 0 Å². The maximum atomic E-state index is 11.4. The summed E-state index contributed by atoms with van der Waals surface area (Å²) in [7, 11) is 1.66. The summed E-state index contributed by atoms with van der Waals surface area (Å²) in [6.45, 7) is 9.25. The van der Waals surface area contributed by atoms with Crippen LogP contribution in [0, 0.1) is 21.4 Å². The molecule has 0 unspecified atom stereocenters. The van der Waals surface area contributed by atoms with Crippen molar-refractivity contribution in [1.82, 2.24) is 0 Å². The number of rotatable bonds is 14. The van der Waals surface area contributed by atoms with Gasteiger partial charge in [-0.15, -0.1) is 11.8 Å². The maximum absolute atomic E-state index is 11.4. The van der Waals surface area contributed by atoms with Gasteiger partial charge in [-0.25, -0.2) is 0 Å². The summed E-state index contributed by atoms with van der Waals surface area (Å²) in [6, 6.07) is 13.3. The van der Waals surface area contributed by atoms with Crippen LogP contribution in [-0.2, 0) is 6.42 Å². The Morgan fingerprint density at radius 1 is 1.03 bits per heavy atom. The number of ether oxygens (including phenoxy) is 1. The van der Waals surface area contributed by atoms with Crippen LogP contribution >= 0.6 is 11.8 Å². The first kappa shape index (κ1) is 26.2. The number of hydrogen-bond donors (Lipinski definition) is 0. The Morgan fingerprint density at radius 3 is 2.16 bits per heavy atom. The van der Waals surface area contributed by atoms with E-state index in [-0.39, 0.29) is 10.6 Å². The lowest BCUT2D eigenvalue weighted by Gasteiger charge is -2.38. The number of non-ortho nitro benzene ring substituents is 1. The van der Waals surface area contributed by atoms with Crippen LogP contribution in [0.4, 0.5) is 5.69 Å². The highest BCUT2D eigenvalue weighted by molar-refractivity contribution is 7.99. The summed E-state index contributed by atoms with van der Waals surface area (Å²) in [5.41, 5.74) is 2.61. The van der Waals surface area contributed by atoms with E-state index in [2.05, 4.69) is 27.7 Å². The van der Waals surface area contributed by atoms with Gasteiger partial charge in [-0.2, -0.15) is 0 Å². The van der Waals surface area contributed by atoms with Crippen LogP contribution < -0.4 is 4.74 Å². The Hall–Kier alpha value is -2.01. The standard InChI is InChI=1S/C27H39NO3S/c1-6-8-16-27(21(3)4,17-9-7-2)20-32-26-15-12-24(28(29)30)19-23(26)18-22-10-13-25(31-5)14-11-22/h10-15,19,21H,6-9,16-18,20H2,1-5H3. The van der Waals surface area contributed by atoms with E-state index in [0.717, 1.165) is 27.5 Å². The van der Waals surface area contributed by atoms with Gasteiger partial charge in [0.25, 0.3) is 5.69 Å².